The van der Waals surface area contributed by atoms with Crippen LogP contribution in [0.15, 0.2) is 24.3 Å². The highest BCUT2D eigenvalue weighted by Gasteiger charge is 2.22. The number of hydrogen-bond donors (Lipinski definition) is 1. The van der Waals surface area contributed by atoms with Gasteiger partial charge in [-0.25, -0.2) is 9.97 Å². The molecule has 1 aromatic heterocycles. The van der Waals surface area contributed by atoms with E-state index in [1.165, 1.54) is 0 Å². The standard InChI is InChI=1S/C16H21IN4/c1-16(2,3)13-12(17)14(18)20-15(19-13)10-6-8-11(9-7-10)21(4)5/h6-9H,1-5H3,(H2,18,19,20). The van der Waals surface area contributed by atoms with E-state index in [1.54, 1.807) is 0 Å². The van der Waals surface area contributed by atoms with Crippen molar-refractivity contribution < 1.29 is 0 Å². The summed E-state index contributed by atoms with van der Waals surface area (Å²) in [5.41, 5.74) is 9.12. The Kier molecular flexibility index (Phi) is 4.41. The summed E-state index contributed by atoms with van der Waals surface area (Å²) in [4.78, 5) is 11.2. The van der Waals surface area contributed by atoms with Crippen LogP contribution in [-0.2, 0) is 5.41 Å². The Morgan fingerprint density at radius 1 is 1.05 bits per heavy atom. The molecule has 0 unspecified atom stereocenters. The van der Waals surface area contributed by atoms with E-state index in [9.17, 15) is 0 Å². The Morgan fingerprint density at radius 2 is 1.62 bits per heavy atom. The minimum absolute atomic E-state index is 0.0636. The van der Waals surface area contributed by atoms with Gasteiger partial charge in [-0.15, -0.1) is 0 Å². The third-order valence-corrected chi connectivity index (χ3v) is 4.29. The molecule has 5 heteroatoms. The summed E-state index contributed by atoms with van der Waals surface area (Å²) in [7, 11) is 4.04. The molecule has 4 nitrogen and oxygen atoms in total. The zero-order valence-corrected chi connectivity index (χ0v) is 15.3. The Morgan fingerprint density at radius 3 is 2.10 bits per heavy atom. The van der Waals surface area contributed by atoms with Crippen molar-refractivity contribution in [2.24, 2.45) is 0 Å². The summed E-state index contributed by atoms with van der Waals surface area (Å²) in [6.07, 6.45) is 0. The maximum absolute atomic E-state index is 6.07. The van der Waals surface area contributed by atoms with Crippen LogP contribution in [0.25, 0.3) is 11.4 Å². The van der Waals surface area contributed by atoms with Crippen molar-refractivity contribution in [3.63, 3.8) is 0 Å². The van der Waals surface area contributed by atoms with Crippen molar-refractivity contribution in [1.29, 1.82) is 0 Å². The van der Waals surface area contributed by atoms with Crippen molar-refractivity contribution in [2.75, 3.05) is 24.7 Å². The summed E-state index contributed by atoms with van der Waals surface area (Å²) in [6.45, 7) is 6.40. The number of anilines is 2. The van der Waals surface area contributed by atoms with Crippen molar-refractivity contribution in [3.8, 4) is 11.4 Å². The molecule has 1 heterocycles. The van der Waals surface area contributed by atoms with Crippen molar-refractivity contribution >= 4 is 34.1 Å². The van der Waals surface area contributed by atoms with E-state index in [2.05, 4.69) is 65.4 Å². The van der Waals surface area contributed by atoms with Gasteiger partial charge in [0.2, 0.25) is 0 Å². The predicted octanol–water partition coefficient (Wildman–Crippen LogP) is 3.69. The maximum atomic E-state index is 6.07. The van der Waals surface area contributed by atoms with E-state index in [4.69, 9.17) is 10.7 Å². The van der Waals surface area contributed by atoms with Crippen LogP contribution in [0, 0.1) is 3.57 Å². The Hall–Kier alpha value is -1.37. The molecule has 0 bridgehead atoms. The van der Waals surface area contributed by atoms with Gasteiger partial charge >= 0.3 is 0 Å². The second kappa shape index (κ2) is 5.79. The average Bonchev–Trinajstić information content (AvgIpc) is 2.40. The van der Waals surface area contributed by atoms with Crippen molar-refractivity contribution in [1.82, 2.24) is 9.97 Å². The molecule has 2 aromatic rings. The summed E-state index contributed by atoms with van der Waals surface area (Å²) in [5.74, 6) is 1.23. The molecule has 2 N–H and O–H groups in total. The highest BCUT2D eigenvalue weighted by Crippen LogP contribution is 2.30. The highest BCUT2D eigenvalue weighted by molar-refractivity contribution is 14.1. The van der Waals surface area contributed by atoms with E-state index in [-0.39, 0.29) is 5.41 Å². The van der Waals surface area contributed by atoms with Gasteiger partial charge in [0.15, 0.2) is 5.82 Å². The first-order chi connectivity index (χ1) is 9.70. The molecule has 0 fully saturated rings. The topological polar surface area (TPSA) is 55.0 Å². The fourth-order valence-corrected chi connectivity index (χ4v) is 3.05. The Balaban J connectivity index is 2.52. The van der Waals surface area contributed by atoms with E-state index in [0.717, 1.165) is 20.5 Å². The van der Waals surface area contributed by atoms with Gasteiger partial charge in [-0.1, -0.05) is 20.8 Å². The van der Waals surface area contributed by atoms with E-state index < -0.39 is 0 Å². The lowest BCUT2D eigenvalue weighted by atomic mass is 9.92. The van der Waals surface area contributed by atoms with Gasteiger partial charge in [-0.2, -0.15) is 0 Å². The number of aromatic nitrogens is 2. The van der Waals surface area contributed by atoms with Crippen LogP contribution in [0.5, 0.6) is 0 Å². The zero-order chi connectivity index (χ0) is 15.8. The second-order valence-corrected chi connectivity index (χ2v) is 7.37. The van der Waals surface area contributed by atoms with Gasteiger partial charge in [-0.3, -0.25) is 0 Å². The van der Waals surface area contributed by atoms with Gasteiger partial charge in [0.1, 0.15) is 5.82 Å². The average molecular weight is 396 g/mol. The van der Waals surface area contributed by atoms with E-state index >= 15 is 0 Å². The van der Waals surface area contributed by atoms with Crippen molar-refractivity contribution in [2.45, 2.75) is 26.2 Å². The lowest BCUT2D eigenvalue weighted by Crippen LogP contribution is -2.18. The molecular weight excluding hydrogens is 375 g/mol. The van der Waals surface area contributed by atoms with Gasteiger partial charge in [-0.05, 0) is 46.9 Å². The lowest BCUT2D eigenvalue weighted by molar-refractivity contribution is 0.564. The molecule has 112 valence electrons. The first-order valence-corrected chi connectivity index (χ1v) is 7.89. The number of rotatable bonds is 2. The number of halogens is 1. The Bertz CT molecular complexity index is 643. The molecule has 1 aromatic carbocycles. The normalized spacial score (nSPS) is 11.5. The molecule has 2 rings (SSSR count). The van der Waals surface area contributed by atoms with Crippen LogP contribution < -0.4 is 10.6 Å². The molecule has 0 radical (unpaired) electrons. The zero-order valence-electron chi connectivity index (χ0n) is 13.1. The molecule has 0 amide bonds. The van der Waals surface area contributed by atoms with Gasteiger partial charge < -0.3 is 10.6 Å². The van der Waals surface area contributed by atoms with Crippen LogP contribution in [-0.4, -0.2) is 24.1 Å². The van der Waals surface area contributed by atoms with Crippen LogP contribution in [0.4, 0.5) is 11.5 Å². The van der Waals surface area contributed by atoms with Crippen LogP contribution in [0.1, 0.15) is 26.5 Å². The van der Waals surface area contributed by atoms with Crippen molar-refractivity contribution in [3.05, 3.63) is 33.5 Å². The first kappa shape index (κ1) is 16.0. The minimum Gasteiger partial charge on any atom is -0.383 e. The highest BCUT2D eigenvalue weighted by atomic mass is 127. The SMILES string of the molecule is CN(C)c1ccc(-c2nc(N)c(I)c(C(C)(C)C)n2)cc1. The maximum Gasteiger partial charge on any atom is 0.161 e. The monoisotopic (exact) mass is 396 g/mol. The van der Waals surface area contributed by atoms with Gasteiger partial charge in [0.05, 0.1) is 9.26 Å². The lowest BCUT2D eigenvalue weighted by Gasteiger charge is -2.21. The fraction of sp³-hybridized carbons (Fsp3) is 0.375. The molecule has 0 aliphatic carbocycles. The quantitative estimate of drug-likeness (QED) is 0.787. The van der Waals surface area contributed by atoms with E-state index in [1.807, 2.05) is 26.2 Å². The third kappa shape index (κ3) is 3.45. The summed E-state index contributed by atoms with van der Waals surface area (Å²) in [6, 6.07) is 8.18. The van der Waals surface area contributed by atoms with Gasteiger partial charge in [0, 0.05) is 30.8 Å². The van der Waals surface area contributed by atoms with Crippen LogP contribution in [0.2, 0.25) is 0 Å². The minimum atomic E-state index is -0.0636. The molecule has 0 aliphatic heterocycles. The molecule has 0 atom stereocenters. The third-order valence-electron chi connectivity index (χ3n) is 3.23. The molecule has 0 saturated heterocycles. The first-order valence-electron chi connectivity index (χ1n) is 6.81. The van der Waals surface area contributed by atoms with Crippen LogP contribution >= 0.6 is 22.6 Å². The smallest absolute Gasteiger partial charge is 0.161 e. The number of nitrogen functional groups attached to an aromatic ring is 1. The molecule has 0 saturated carbocycles. The fourth-order valence-electron chi connectivity index (χ4n) is 2.00. The number of hydrogen-bond acceptors (Lipinski definition) is 4. The summed E-state index contributed by atoms with van der Waals surface area (Å²) in [5, 5.41) is 0. The largest absolute Gasteiger partial charge is 0.383 e. The van der Waals surface area contributed by atoms with E-state index in [0.29, 0.717) is 11.6 Å². The molecule has 0 aliphatic rings. The summed E-state index contributed by atoms with van der Waals surface area (Å²) >= 11 is 2.22. The number of benzene rings is 1. The Labute approximate surface area is 139 Å². The number of nitrogens with two attached hydrogens (primary N) is 1. The second-order valence-electron chi connectivity index (χ2n) is 6.29. The molecular formula is C16H21IN4. The molecule has 21 heavy (non-hydrogen) atoms. The van der Waals surface area contributed by atoms with Crippen LogP contribution in [0.3, 0.4) is 0 Å². The summed E-state index contributed by atoms with van der Waals surface area (Å²) < 4.78 is 0.939. The molecule has 0 spiro atoms. The predicted molar refractivity (Wildman–Crippen MR) is 97.6 cm³/mol. The van der Waals surface area contributed by atoms with Gasteiger partial charge in [0.25, 0.3) is 0 Å². The number of nitrogens with zero attached hydrogens (tertiary/aromatic N) is 3.